The largest absolute Gasteiger partial charge is 0.504 e. The molecule has 10 heteroatoms. The van der Waals surface area contributed by atoms with E-state index in [9.17, 15) is 19.5 Å². The van der Waals surface area contributed by atoms with E-state index in [1.54, 1.807) is 42.5 Å². The summed E-state index contributed by atoms with van der Waals surface area (Å²) >= 11 is 6.47. The summed E-state index contributed by atoms with van der Waals surface area (Å²) in [5, 5.41) is 13.2. The second-order valence-electron chi connectivity index (χ2n) is 7.07. The van der Waals surface area contributed by atoms with Gasteiger partial charge in [-0.2, -0.15) is 0 Å². The van der Waals surface area contributed by atoms with Crippen LogP contribution in [0.3, 0.4) is 0 Å². The molecule has 2 heterocycles. The number of carbonyl (C=O) groups is 2. The second kappa shape index (κ2) is 9.47. The third-order valence-electron chi connectivity index (χ3n) is 4.84. The minimum atomic E-state index is -0.443. The fraction of sp³-hybridized carbons (Fsp3) is 0.130. The number of phenolic OH excluding ortho intramolecular Hbond substituents is 1. The SMILES string of the molecule is COc1cc(C=C2SC(=S)N(CCC(=O)Nc3ccc4oc(=O)ccc4c3)C2=O)ccc1O. The maximum Gasteiger partial charge on any atom is 0.336 e. The summed E-state index contributed by atoms with van der Waals surface area (Å²) in [7, 11) is 1.44. The first-order chi connectivity index (χ1) is 15.8. The number of amides is 2. The Kier molecular flexibility index (Phi) is 6.47. The Bertz CT molecular complexity index is 1360. The number of benzene rings is 2. The third kappa shape index (κ3) is 5.07. The summed E-state index contributed by atoms with van der Waals surface area (Å²) in [6.07, 6.45) is 1.71. The molecule has 1 aromatic heterocycles. The molecule has 0 radical (unpaired) electrons. The lowest BCUT2D eigenvalue weighted by Crippen LogP contribution is -2.31. The van der Waals surface area contributed by atoms with Crippen LogP contribution < -0.4 is 15.7 Å². The number of nitrogens with one attached hydrogen (secondary N) is 1. The van der Waals surface area contributed by atoms with E-state index >= 15 is 0 Å². The highest BCUT2D eigenvalue weighted by molar-refractivity contribution is 8.26. The lowest BCUT2D eigenvalue weighted by atomic mass is 10.2. The average Bonchev–Trinajstić information content (AvgIpc) is 3.05. The smallest absolute Gasteiger partial charge is 0.336 e. The van der Waals surface area contributed by atoms with Gasteiger partial charge in [0.25, 0.3) is 5.91 Å². The van der Waals surface area contributed by atoms with Crippen molar-refractivity contribution in [2.24, 2.45) is 0 Å². The molecule has 0 atom stereocenters. The van der Waals surface area contributed by atoms with E-state index in [0.29, 0.717) is 37.2 Å². The average molecular weight is 483 g/mol. The first kappa shape index (κ1) is 22.6. The van der Waals surface area contributed by atoms with Gasteiger partial charge in [-0.3, -0.25) is 14.5 Å². The topological polar surface area (TPSA) is 109 Å². The lowest BCUT2D eigenvalue weighted by molar-refractivity contribution is -0.122. The Morgan fingerprint density at radius 1 is 1.21 bits per heavy atom. The van der Waals surface area contributed by atoms with Crippen molar-refractivity contribution in [3.8, 4) is 11.5 Å². The highest BCUT2D eigenvalue weighted by Crippen LogP contribution is 2.34. The van der Waals surface area contributed by atoms with Crippen LogP contribution in [0.15, 0.2) is 62.6 Å². The summed E-state index contributed by atoms with van der Waals surface area (Å²) in [6.45, 7) is 0.134. The van der Waals surface area contributed by atoms with Crippen molar-refractivity contribution < 1.29 is 23.8 Å². The number of phenols is 1. The van der Waals surface area contributed by atoms with Crippen LogP contribution in [0.2, 0.25) is 0 Å². The summed E-state index contributed by atoms with van der Waals surface area (Å²) in [5.74, 6) is -0.269. The van der Waals surface area contributed by atoms with Crippen LogP contribution in [0.25, 0.3) is 17.0 Å². The number of hydrogen-bond donors (Lipinski definition) is 2. The molecule has 2 aromatic carbocycles. The van der Waals surface area contributed by atoms with Gasteiger partial charge in [-0.1, -0.05) is 30.0 Å². The normalized spacial score (nSPS) is 14.8. The number of thioether (sulfide) groups is 1. The first-order valence-corrected chi connectivity index (χ1v) is 11.0. The molecule has 0 spiro atoms. The van der Waals surface area contributed by atoms with Gasteiger partial charge in [0.05, 0.1) is 12.0 Å². The molecule has 1 aliphatic rings. The number of ether oxygens (including phenoxy) is 1. The van der Waals surface area contributed by atoms with Crippen molar-refractivity contribution in [1.82, 2.24) is 4.90 Å². The van der Waals surface area contributed by atoms with E-state index in [1.807, 2.05) is 0 Å². The van der Waals surface area contributed by atoms with Crippen LogP contribution in [0.4, 0.5) is 5.69 Å². The van der Waals surface area contributed by atoms with E-state index in [4.69, 9.17) is 21.4 Å². The number of methoxy groups -OCH3 is 1. The van der Waals surface area contributed by atoms with E-state index in [1.165, 1.54) is 24.1 Å². The number of fused-ring (bicyclic) bond motifs is 1. The number of hydrogen-bond acceptors (Lipinski definition) is 8. The Morgan fingerprint density at radius 3 is 2.82 bits per heavy atom. The van der Waals surface area contributed by atoms with Crippen LogP contribution in [0.1, 0.15) is 12.0 Å². The maximum absolute atomic E-state index is 12.8. The van der Waals surface area contributed by atoms with Crippen molar-refractivity contribution in [2.45, 2.75) is 6.42 Å². The monoisotopic (exact) mass is 482 g/mol. The number of carbonyl (C=O) groups excluding carboxylic acids is 2. The zero-order valence-corrected chi connectivity index (χ0v) is 19.0. The van der Waals surface area contributed by atoms with Crippen molar-refractivity contribution >= 4 is 62.8 Å². The molecule has 4 rings (SSSR count). The number of anilines is 1. The quantitative estimate of drug-likeness (QED) is 0.311. The molecule has 3 aromatic rings. The predicted molar refractivity (Wildman–Crippen MR) is 130 cm³/mol. The Hall–Kier alpha value is -3.63. The molecule has 1 fully saturated rings. The molecule has 2 amide bonds. The molecule has 33 heavy (non-hydrogen) atoms. The van der Waals surface area contributed by atoms with Crippen LogP contribution in [0, 0.1) is 0 Å². The molecule has 8 nitrogen and oxygen atoms in total. The minimum absolute atomic E-state index is 0.00387. The van der Waals surface area contributed by atoms with Gasteiger partial charge in [-0.25, -0.2) is 4.79 Å². The summed E-state index contributed by atoms with van der Waals surface area (Å²) < 4.78 is 10.5. The van der Waals surface area contributed by atoms with Crippen LogP contribution >= 0.6 is 24.0 Å². The molecule has 1 saturated heterocycles. The molecule has 0 bridgehead atoms. The van der Waals surface area contributed by atoms with Crippen molar-refractivity contribution in [3.05, 3.63) is 69.4 Å². The zero-order chi connectivity index (χ0) is 23.5. The summed E-state index contributed by atoms with van der Waals surface area (Å²) in [6, 6.07) is 12.6. The molecular weight excluding hydrogens is 464 g/mol. The Balaban J connectivity index is 1.39. The molecule has 1 aliphatic heterocycles. The van der Waals surface area contributed by atoms with E-state index < -0.39 is 5.63 Å². The zero-order valence-electron chi connectivity index (χ0n) is 17.4. The standard InChI is InChI=1S/C23H18N2O6S2/c1-30-18-10-13(2-5-16(18)26)11-19-22(29)25(23(32)33-19)9-8-20(27)24-15-4-6-17-14(12-15)3-7-21(28)31-17/h2-7,10-12,26H,8-9H2,1H3,(H,24,27). The van der Waals surface area contributed by atoms with Crippen LogP contribution in [-0.2, 0) is 9.59 Å². The van der Waals surface area contributed by atoms with E-state index in [2.05, 4.69) is 5.32 Å². The van der Waals surface area contributed by atoms with Crippen molar-refractivity contribution in [3.63, 3.8) is 0 Å². The molecule has 2 N–H and O–H groups in total. The van der Waals surface area contributed by atoms with Gasteiger partial charge in [-0.15, -0.1) is 0 Å². The summed E-state index contributed by atoms with van der Waals surface area (Å²) in [4.78, 5) is 38.3. The maximum atomic E-state index is 12.8. The fourth-order valence-electron chi connectivity index (χ4n) is 3.21. The van der Waals surface area contributed by atoms with Gasteiger partial charge in [0.2, 0.25) is 5.91 Å². The molecule has 0 aliphatic carbocycles. The molecule has 0 unspecified atom stereocenters. The predicted octanol–water partition coefficient (Wildman–Crippen LogP) is 3.74. The Morgan fingerprint density at radius 2 is 2.03 bits per heavy atom. The van der Waals surface area contributed by atoms with E-state index in [0.717, 1.165) is 11.8 Å². The van der Waals surface area contributed by atoms with Gasteiger partial charge in [0.15, 0.2) is 11.5 Å². The van der Waals surface area contributed by atoms with Crippen molar-refractivity contribution in [1.29, 1.82) is 0 Å². The van der Waals surface area contributed by atoms with Gasteiger partial charge < -0.3 is 19.6 Å². The number of nitrogens with zero attached hydrogens (tertiary/aromatic N) is 1. The van der Waals surface area contributed by atoms with Crippen LogP contribution in [-0.4, -0.2) is 39.8 Å². The van der Waals surface area contributed by atoms with Crippen molar-refractivity contribution in [2.75, 3.05) is 19.0 Å². The number of aromatic hydroxyl groups is 1. The molecular formula is C23H18N2O6S2. The van der Waals surface area contributed by atoms with Gasteiger partial charge in [0.1, 0.15) is 9.90 Å². The van der Waals surface area contributed by atoms with Gasteiger partial charge in [-0.05, 0) is 48.0 Å². The lowest BCUT2D eigenvalue weighted by Gasteiger charge is -2.14. The fourth-order valence-corrected chi connectivity index (χ4v) is 4.52. The highest BCUT2D eigenvalue weighted by Gasteiger charge is 2.32. The van der Waals surface area contributed by atoms with Gasteiger partial charge in [0, 0.05) is 30.1 Å². The second-order valence-corrected chi connectivity index (χ2v) is 8.75. The van der Waals surface area contributed by atoms with Crippen LogP contribution in [0.5, 0.6) is 11.5 Å². The molecule has 0 saturated carbocycles. The Labute approximate surface area is 197 Å². The first-order valence-electron chi connectivity index (χ1n) is 9.80. The highest BCUT2D eigenvalue weighted by atomic mass is 32.2. The minimum Gasteiger partial charge on any atom is -0.504 e. The number of thiocarbonyl (C=S) groups is 1. The molecule has 168 valence electrons. The summed E-state index contributed by atoms with van der Waals surface area (Å²) in [5.41, 5.74) is 1.21. The van der Waals surface area contributed by atoms with E-state index in [-0.39, 0.29) is 30.5 Å². The van der Waals surface area contributed by atoms with Gasteiger partial charge >= 0.3 is 5.63 Å². The number of rotatable bonds is 6. The third-order valence-corrected chi connectivity index (χ3v) is 6.22.